The molecule has 0 aromatic heterocycles. The van der Waals surface area contributed by atoms with Gasteiger partial charge in [-0.3, -0.25) is 0 Å². The number of hydrogen-bond donors (Lipinski definition) is 0. The van der Waals surface area contributed by atoms with Crippen LogP contribution in [0.25, 0.3) is 0 Å². The Morgan fingerprint density at radius 2 is 1.25 bits per heavy atom. The van der Waals surface area contributed by atoms with Crippen LogP contribution in [0.2, 0.25) is 0 Å². The van der Waals surface area contributed by atoms with Crippen molar-refractivity contribution >= 4 is 0 Å². The summed E-state index contributed by atoms with van der Waals surface area (Å²) >= 11 is 0. The second kappa shape index (κ2) is 11.5. The van der Waals surface area contributed by atoms with Gasteiger partial charge in [0.1, 0.15) is 0 Å². The Bertz CT molecular complexity index is 122. The van der Waals surface area contributed by atoms with E-state index in [1.807, 2.05) is 0 Å². The molecular weight excluding hydrogens is 192 g/mol. The molecule has 0 saturated carbocycles. The summed E-state index contributed by atoms with van der Waals surface area (Å²) in [5.74, 6) is 1.97. The molecule has 0 spiro atoms. The first-order valence-electron chi connectivity index (χ1n) is 7.74. The van der Waals surface area contributed by atoms with E-state index in [2.05, 4.69) is 27.7 Å². The van der Waals surface area contributed by atoms with Gasteiger partial charge in [-0.05, 0) is 11.8 Å². The molecule has 0 rings (SSSR count). The van der Waals surface area contributed by atoms with Crippen molar-refractivity contribution in [3.8, 4) is 0 Å². The highest BCUT2D eigenvalue weighted by atomic mass is 14.1. The van der Waals surface area contributed by atoms with E-state index in [9.17, 15) is 0 Å². The van der Waals surface area contributed by atoms with E-state index < -0.39 is 0 Å². The molecule has 16 heavy (non-hydrogen) atoms. The lowest BCUT2D eigenvalue weighted by Gasteiger charge is -2.15. The summed E-state index contributed by atoms with van der Waals surface area (Å²) in [6, 6.07) is 0. The molecule has 98 valence electrons. The SMILES string of the molecule is CCCC(CCC)CCCCCC(C)CC. The van der Waals surface area contributed by atoms with Gasteiger partial charge >= 0.3 is 0 Å². The summed E-state index contributed by atoms with van der Waals surface area (Å²) in [5, 5.41) is 0. The van der Waals surface area contributed by atoms with Crippen molar-refractivity contribution in [3.05, 3.63) is 0 Å². The molecule has 0 amide bonds. The van der Waals surface area contributed by atoms with E-state index in [1.54, 1.807) is 0 Å². The molecular formula is C16H34. The second-order valence-corrected chi connectivity index (χ2v) is 5.59. The van der Waals surface area contributed by atoms with Gasteiger partial charge in [-0.25, -0.2) is 0 Å². The summed E-state index contributed by atoms with van der Waals surface area (Å²) in [6.07, 6.45) is 14.3. The Balaban J connectivity index is 3.39. The smallest absolute Gasteiger partial charge is 0.0414 e. The van der Waals surface area contributed by atoms with Crippen LogP contribution >= 0.6 is 0 Å². The Labute approximate surface area is 104 Å². The molecule has 0 bridgehead atoms. The fourth-order valence-electron chi connectivity index (χ4n) is 2.56. The minimum atomic E-state index is 0.946. The van der Waals surface area contributed by atoms with Gasteiger partial charge in [0, 0.05) is 0 Å². The first kappa shape index (κ1) is 16.0. The predicted molar refractivity (Wildman–Crippen MR) is 75.8 cm³/mol. The first-order valence-corrected chi connectivity index (χ1v) is 7.74. The number of hydrogen-bond acceptors (Lipinski definition) is 0. The van der Waals surface area contributed by atoms with E-state index in [-0.39, 0.29) is 0 Å². The average Bonchev–Trinajstić information content (AvgIpc) is 2.28. The van der Waals surface area contributed by atoms with Crippen LogP contribution in [0.1, 0.15) is 91.9 Å². The van der Waals surface area contributed by atoms with Crippen LogP contribution in [-0.4, -0.2) is 0 Å². The van der Waals surface area contributed by atoms with Crippen molar-refractivity contribution in [1.29, 1.82) is 0 Å². The molecule has 1 unspecified atom stereocenters. The quantitative estimate of drug-likeness (QED) is 0.368. The summed E-state index contributed by atoms with van der Waals surface area (Å²) in [7, 11) is 0. The standard InChI is InChI=1S/C16H34/c1-5-11-16(12-6-2)14-10-8-9-13-15(4)7-3/h15-16H,5-14H2,1-4H3. The predicted octanol–water partition coefficient (Wildman–Crippen LogP) is 6.20. The lowest BCUT2D eigenvalue weighted by atomic mass is 9.91. The van der Waals surface area contributed by atoms with E-state index >= 15 is 0 Å². The number of rotatable bonds is 11. The molecule has 0 N–H and O–H groups in total. The Morgan fingerprint density at radius 1 is 0.688 bits per heavy atom. The Morgan fingerprint density at radius 3 is 1.75 bits per heavy atom. The van der Waals surface area contributed by atoms with Gasteiger partial charge < -0.3 is 0 Å². The van der Waals surface area contributed by atoms with Crippen LogP contribution in [0.4, 0.5) is 0 Å². The third-order valence-electron chi connectivity index (χ3n) is 3.90. The van der Waals surface area contributed by atoms with Crippen molar-refractivity contribution in [2.45, 2.75) is 91.9 Å². The monoisotopic (exact) mass is 226 g/mol. The topological polar surface area (TPSA) is 0 Å². The van der Waals surface area contributed by atoms with Gasteiger partial charge in [0.2, 0.25) is 0 Å². The minimum Gasteiger partial charge on any atom is -0.0654 e. The second-order valence-electron chi connectivity index (χ2n) is 5.59. The lowest BCUT2D eigenvalue weighted by Crippen LogP contribution is -2.00. The summed E-state index contributed by atoms with van der Waals surface area (Å²) in [4.78, 5) is 0. The van der Waals surface area contributed by atoms with Crippen LogP contribution in [0, 0.1) is 11.8 Å². The normalized spacial score (nSPS) is 13.3. The molecule has 0 aliphatic rings. The molecule has 0 aromatic rings. The fourth-order valence-corrected chi connectivity index (χ4v) is 2.56. The zero-order chi connectivity index (χ0) is 12.2. The van der Waals surface area contributed by atoms with Gasteiger partial charge in [0.15, 0.2) is 0 Å². The molecule has 0 fully saturated rings. The van der Waals surface area contributed by atoms with Crippen LogP contribution < -0.4 is 0 Å². The molecule has 0 heteroatoms. The molecule has 0 nitrogen and oxygen atoms in total. The average molecular weight is 226 g/mol. The minimum absolute atomic E-state index is 0.946. The van der Waals surface area contributed by atoms with Crippen molar-refractivity contribution in [1.82, 2.24) is 0 Å². The molecule has 0 aliphatic carbocycles. The van der Waals surface area contributed by atoms with E-state index in [0.717, 1.165) is 11.8 Å². The third kappa shape index (κ3) is 9.24. The first-order chi connectivity index (χ1) is 7.74. The van der Waals surface area contributed by atoms with Crippen LogP contribution in [0.15, 0.2) is 0 Å². The largest absolute Gasteiger partial charge is 0.0654 e. The maximum atomic E-state index is 2.39. The van der Waals surface area contributed by atoms with Gasteiger partial charge in [0.05, 0.1) is 0 Å². The Hall–Kier alpha value is 0. The van der Waals surface area contributed by atoms with Gasteiger partial charge in [0.25, 0.3) is 0 Å². The van der Waals surface area contributed by atoms with Crippen molar-refractivity contribution in [3.63, 3.8) is 0 Å². The zero-order valence-corrected chi connectivity index (χ0v) is 12.2. The number of unbranched alkanes of at least 4 members (excludes halogenated alkanes) is 2. The van der Waals surface area contributed by atoms with Crippen LogP contribution in [-0.2, 0) is 0 Å². The zero-order valence-electron chi connectivity index (χ0n) is 12.2. The maximum absolute atomic E-state index is 2.39. The lowest BCUT2D eigenvalue weighted by molar-refractivity contribution is 0.385. The summed E-state index contributed by atoms with van der Waals surface area (Å²) in [6.45, 7) is 9.34. The van der Waals surface area contributed by atoms with E-state index in [4.69, 9.17) is 0 Å². The van der Waals surface area contributed by atoms with Crippen LogP contribution in [0.5, 0.6) is 0 Å². The van der Waals surface area contributed by atoms with Crippen molar-refractivity contribution < 1.29 is 0 Å². The highest BCUT2D eigenvalue weighted by molar-refractivity contribution is 4.59. The van der Waals surface area contributed by atoms with Gasteiger partial charge in [-0.2, -0.15) is 0 Å². The summed E-state index contributed by atoms with van der Waals surface area (Å²) < 4.78 is 0. The molecule has 0 radical (unpaired) electrons. The molecule has 0 saturated heterocycles. The fraction of sp³-hybridized carbons (Fsp3) is 1.00. The van der Waals surface area contributed by atoms with Crippen molar-refractivity contribution in [2.75, 3.05) is 0 Å². The summed E-state index contributed by atoms with van der Waals surface area (Å²) in [5.41, 5.74) is 0. The van der Waals surface area contributed by atoms with E-state index in [0.29, 0.717) is 0 Å². The van der Waals surface area contributed by atoms with Crippen molar-refractivity contribution in [2.24, 2.45) is 11.8 Å². The maximum Gasteiger partial charge on any atom is -0.0414 e. The Kier molecular flexibility index (Phi) is 11.5. The third-order valence-corrected chi connectivity index (χ3v) is 3.90. The van der Waals surface area contributed by atoms with Gasteiger partial charge in [-0.1, -0.05) is 91.9 Å². The molecule has 0 heterocycles. The molecule has 0 aromatic carbocycles. The van der Waals surface area contributed by atoms with Crippen LogP contribution in [0.3, 0.4) is 0 Å². The highest BCUT2D eigenvalue weighted by Gasteiger charge is 2.06. The molecule has 0 aliphatic heterocycles. The van der Waals surface area contributed by atoms with Gasteiger partial charge in [-0.15, -0.1) is 0 Å². The van der Waals surface area contributed by atoms with E-state index in [1.165, 1.54) is 64.2 Å². The molecule has 1 atom stereocenters. The highest BCUT2D eigenvalue weighted by Crippen LogP contribution is 2.21.